The number of ether oxygens (including phenoxy) is 3. The zero-order valence-corrected chi connectivity index (χ0v) is 21.1. The van der Waals surface area contributed by atoms with Crippen molar-refractivity contribution in [3.63, 3.8) is 0 Å². The van der Waals surface area contributed by atoms with E-state index in [1.807, 2.05) is 37.3 Å². The van der Waals surface area contributed by atoms with E-state index in [0.29, 0.717) is 44.3 Å². The lowest BCUT2D eigenvalue weighted by molar-refractivity contribution is 0.00496. The second kappa shape index (κ2) is 13.0. The Morgan fingerprint density at radius 1 is 1.19 bits per heavy atom. The molecule has 0 bridgehead atoms. The molecule has 3 aromatic rings. The van der Waals surface area contributed by atoms with Crippen LogP contribution in [-0.2, 0) is 22.4 Å². The van der Waals surface area contributed by atoms with Gasteiger partial charge in [0.15, 0.2) is 0 Å². The first-order chi connectivity index (χ1) is 17.6. The summed E-state index contributed by atoms with van der Waals surface area (Å²) < 4.78 is 33.4. The highest BCUT2D eigenvalue weighted by molar-refractivity contribution is 5.43. The molecule has 0 saturated carbocycles. The number of para-hydroxylation sites is 1. The van der Waals surface area contributed by atoms with Gasteiger partial charge in [0.2, 0.25) is 5.88 Å². The third-order valence-corrected chi connectivity index (χ3v) is 6.22. The second-order valence-electron chi connectivity index (χ2n) is 9.03. The van der Waals surface area contributed by atoms with E-state index in [4.69, 9.17) is 19.3 Å². The van der Waals surface area contributed by atoms with Gasteiger partial charge in [-0.2, -0.15) is 5.10 Å². The van der Waals surface area contributed by atoms with E-state index in [1.54, 1.807) is 16.8 Å². The van der Waals surface area contributed by atoms with Gasteiger partial charge in [-0.25, -0.2) is 9.07 Å². The van der Waals surface area contributed by atoms with E-state index in [1.165, 1.54) is 12.1 Å². The topological polar surface area (TPSA) is 69.0 Å². The van der Waals surface area contributed by atoms with Gasteiger partial charge >= 0.3 is 0 Å². The average molecular weight is 498 g/mol. The molecule has 0 amide bonds. The van der Waals surface area contributed by atoms with Gasteiger partial charge in [-0.15, -0.1) is 0 Å². The van der Waals surface area contributed by atoms with E-state index in [0.717, 1.165) is 36.4 Å². The van der Waals surface area contributed by atoms with Crippen LogP contribution in [0.4, 0.5) is 4.39 Å². The highest BCUT2D eigenvalue weighted by Crippen LogP contribution is 2.33. The number of rotatable bonds is 13. The highest BCUT2D eigenvalue weighted by Gasteiger charge is 2.26. The maximum atomic E-state index is 14.0. The molecule has 7 nitrogen and oxygen atoms in total. The van der Waals surface area contributed by atoms with Crippen LogP contribution in [0.1, 0.15) is 37.9 Å². The van der Waals surface area contributed by atoms with Gasteiger partial charge in [-0.3, -0.25) is 4.90 Å². The second-order valence-corrected chi connectivity index (χ2v) is 9.03. The van der Waals surface area contributed by atoms with Crippen molar-refractivity contribution < 1.29 is 23.7 Å². The molecule has 1 N–H and O–H groups in total. The number of hydrogen-bond donors (Lipinski definition) is 1. The molecule has 36 heavy (non-hydrogen) atoms. The minimum atomic E-state index is -0.631. The van der Waals surface area contributed by atoms with E-state index in [-0.39, 0.29) is 18.5 Å². The summed E-state index contributed by atoms with van der Waals surface area (Å²) in [5.41, 5.74) is 2.65. The molecular weight excluding hydrogens is 461 g/mol. The summed E-state index contributed by atoms with van der Waals surface area (Å²) >= 11 is 0. The van der Waals surface area contributed by atoms with Gasteiger partial charge < -0.3 is 19.3 Å². The smallest absolute Gasteiger partial charge is 0.227 e. The fourth-order valence-electron chi connectivity index (χ4n) is 4.52. The SMILES string of the molecule is CCOC[C@H](O)CN(Cc1c(CC)nn(-c2ccccc2)c1Oc1cccc(F)c1)C[C@H]1CCCO1. The third-order valence-electron chi connectivity index (χ3n) is 6.22. The Morgan fingerprint density at radius 2 is 2.03 bits per heavy atom. The Labute approximate surface area is 212 Å². The summed E-state index contributed by atoms with van der Waals surface area (Å²) in [6, 6.07) is 15.9. The monoisotopic (exact) mass is 497 g/mol. The Kier molecular flexibility index (Phi) is 9.47. The van der Waals surface area contributed by atoms with Crippen LogP contribution in [0.2, 0.25) is 0 Å². The molecule has 2 atom stereocenters. The molecule has 4 rings (SSSR count). The normalized spacial score (nSPS) is 16.5. The van der Waals surface area contributed by atoms with Crippen LogP contribution >= 0.6 is 0 Å². The molecule has 0 radical (unpaired) electrons. The summed E-state index contributed by atoms with van der Waals surface area (Å²) in [6.07, 6.45) is 2.22. The van der Waals surface area contributed by atoms with Crippen molar-refractivity contribution in [2.24, 2.45) is 0 Å². The van der Waals surface area contributed by atoms with Crippen molar-refractivity contribution in [1.82, 2.24) is 14.7 Å². The molecule has 1 saturated heterocycles. The maximum absolute atomic E-state index is 14.0. The maximum Gasteiger partial charge on any atom is 0.227 e. The molecule has 1 aliphatic rings. The summed E-state index contributed by atoms with van der Waals surface area (Å²) in [6.45, 7) is 7.18. The molecule has 0 aliphatic carbocycles. The lowest BCUT2D eigenvalue weighted by Gasteiger charge is -2.27. The first-order valence-corrected chi connectivity index (χ1v) is 12.8. The minimum absolute atomic E-state index is 0.117. The molecule has 1 fully saturated rings. The van der Waals surface area contributed by atoms with Crippen molar-refractivity contribution in [3.05, 3.63) is 71.7 Å². The van der Waals surface area contributed by atoms with Gasteiger partial charge in [0.05, 0.1) is 35.8 Å². The lowest BCUT2D eigenvalue weighted by atomic mass is 10.1. The summed E-state index contributed by atoms with van der Waals surface area (Å²) in [5, 5.41) is 15.5. The number of aliphatic hydroxyl groups excluding tert-OH is 1. The number of aryl methyl sites for hydroxylation is 1. The van der Waals surface area contributed by atoms with Crippen molar-refractivity contribution in [1.29, 1.82) is 0 Å². The fourth-order valence-corrected chi connectivity index (χ4v) is 4.52. The number of nitrogens with zero attached hydrogens (tertiary/aromatic N) is 3. The number of aliphatic hydroxyl groups is 1. The zero-order chi connectivity index (χ0) is 25.3. The van der Waals surface area contributed by atoms with Crippen LogP contribution in [0, 0.1) is 5.82 Å². The number of aromatic nitrogens is 2. The first-order valence-electron chi connectivity index (χ1n) is 12.8. The number of halogens is 1. The van der Waals surface area contributed by atoms with Crippen molar-refractivity contribution in [2.75, 3.05) is 32.9 Å². The van der Waals surface area contributed by atoms with E-state index in [2.05, 4.69) is 11.8 Å². The van der Waals surface area contributed by atoms with E-state index >= 15 is 0 Å². The van der Waals surface area contributed by atoms with Crippen molar-refractivity contribution >= 4 is 0 Å². The molecule has 2 aromatic carbocycles. The van der Waals surface area contributed by atoms with Crippen LogP contribution in [0.15, 0.2) is 54.6 Å². The predicted molar refractivity (Wildman–Crippen MR) is 136 cm³/mol. The summed E-state index contributed by atoms with van der Waals surface area (Å²) in [5.74, 6) is 0.577. The molecule has 8 heteroatoms. The fraction of sp³-hybridized carbons (Fsp3) is 0.464. The Hall–Kier alpha value is -2.78. The minimum Gasteiger partial charge on any atom is -0.438 e. The van der Waals surface area contributed by atoms with Gasteiger partial charge in [0.1, 0.15) is 11.6 Å². The summed E-state index contributed by atoms with van der Waals surface area (Å²) in [4.78, 5) is 2.18. The molecule has 1 aliphatic heterocycles. The average Bonchev–Trinajstić information content (AvgIpc) is 3.51. The Bertz CT molecular complexity index is 1090. The van der Waals surface area contributed by atoms with Gasteiger partial charge in [-0.05, 0) is 50.5 Å². The Morgan fingerprint density at radius 3 is 2.72 bits per heavy atom. The van der Waals surface area contributed by atoms with Crippen molar-refractivity contribution in [3.8, 4) is 17.3 Å². The predicted octanol–water partition coefficient (Wildman–Crippen LogP) is 4.74. The largest absolute Gasteiger partial charge is 0.438 e. The van der Waals surface area contributed by atoms with Crippen LogP contribution in [0.5, 0.6) is 11.6 Å². The third kappa shape index (κ3) is 6.91. The molecule has 0 spiro atoms. The van der Waals surface area contributed by atoms with Gasteiger partial charge in [0, 0.05) is 38.9 Å². The quantitative estimate of drug-likeness (QED) is 0.368. The van der Waals surface area contributed by atoms with Gasteiger partial charge in [-0.1, -0.05) is 31.2 Å². The van der Waals surface area contributed by atoms with Crippen LogP contribution in [0.3, 0.4) is 0 Å². The molecular formula is C28H36FN3O4. The van der Waals surface area contributed by atoms with Crippen molar-refractivity contribution in [2.45, 2.75) is 51.9 Å². The molecule has 194 valence electrons. The lowest BCUT2D eigenvalue weighted by Crippen LogP contribution is -2.39. The molecule has 1 aromatic heterocycles. The van der Waals surface area contributed by atoms with Crippen LogP contribution in [-0.4, -0.2) is 64.9 Å². The number of benzene rings is 2. The highest BCUT2D eigenvalue weighted by atomic mass is 19.1. The van der Waals surface area contributed by atoms with E-state index in [9.17, 15) is 9.50 Å². The molecule has 0 unspecified atom stereocenters. The van der Waals surface area contributed by atoms with Crippen LogP contribution < -0.4 is 4.74 Å². The first kappa shape index (κ1) is 26.3. The zero-order valence-electron chi connectivity index (χ0n) is 21.1. The van der Waals surface area contributed by atoms with Crippen LogP contribution in [0.25, 0.3) is 5.69 Å². The standard InChI is InChI=1S/C28H36FN3O4/c1-3-27-26(19-31(17-23(33)20-34-4-2)18-25-14-9-15-35-25)28(36-24-13-8-10-21(29)16-24)32(30-27)22-11-6-5-7-12-22/h5-8,10-13,16,23,25,33H,3-4,9,14-15,17-20H2,1-2H3/t23-,25-/m1/s1. The van der Waals surface area contributed by atoms with E-state index < -0.39 is 6.10 Å². The molecule has 2 heterocycles. The summed E-state index contributed by atoms with van der Waals surface area (Å²) in [7, 11) is 0. The number of hydrogen-bond acceptors (Lipinski definition) is 6. The van der Waals surface area contributed by atoms with Gasteiger partial charge in [0.25, 0.3) is 0 Å². The Balaban J connectivity index is 1.69.